The molecule has 3 rings (SSSR count). The normalized spacial score (nSPS) is 17.3. The summed E-state index contributed by atoms with van der Waals surface area (Å²) in [7, 11) is 0. The van der Waals surface area contributed by atoms with Crippen LogP contribution in [0.4, 0.5) is 5.69 Å². The fraction of sp³-hybridized carbons (Fsp3) is 0.364. The maximum atomic E-state index is 5.65. The van der Waals surface area contributed by atoms with Gasteiger partial charge in [-0.2, -0.15) is 4.98 Å². The minimum atomic E-state index is 0.121. The minimum Gasteiger partial charge on any atom is -0.397 e. The SMILES string of the molecule is CC1(c2noc(-c3cncc(N)c3)n2)CC1. The molecule has 0 amide bonds. The van der Waals surface area contributed by atoms with Gasteiger partial charge in [0.15, 0.2) is 5.82 Å². The highest BCUT2D eigenvalue weighted by Crippen LogP contribution is 2.46. The number of rotatable bonds is 2. The molecular formula is C11H12N4O. The largest absolute Gasteiger partial charge is 0.397 e. The third kappa shape index (κ3) is 1.44. The van der Waals surface area contributed by atoms with E-state index in [1.54, 1.807) is 18.5 Å². The van der Waals surface area contributed by atoms with Crippen molar-refractivity contribution in [3.05, 3.63) is 24.3 Å². The predicted octanol–water partition coefficient (Wildman–Crippen LogP) is 1.77. The van der Waals surface area contributed by atoms with Crippen LogP contribution in [-0.4, -0.2) is 15.1 Å². The minimum absolute atomic E-state index is 0.121. The quantitative estimate of drug-likeness (QED) is 0.827. The first kappa shape index (κ1) is 9.33. The summed E-state index contributed by atoms with van der Waals surface area (Å²) in [5.41, 5.74) is 7.13. The van der Waals surface area contributed by atoms with Gasteiger partial charge in [0.1, 0.15) is 0 Å². The van der Waals surface area contributed by atoms with Gasteiger partial charge in [0, 0.05) is 17.8 Å². The number of aromatic nitrogens is 3. The van der Waals surface area contributed by atoms with Crippen molar-refractivity contribution in [3.63, 3.8) is 0 Å². The average molecular weight is 216 g/mol. The number of hydrogen-bond donors (Lipinski definition) is 1. The Bertz CT molecular complexity index is 530. The second-order valence-corrected chi connectivity index (χ2v) is 4.49. The van der Waals surface area contributed by atoms with E-state index in [4.69, 9.17) is 10.3 Å². The summed E-state index contributed by atoms with van der Waals surface area (Å²) in [6.45, 7) is 2.14. The Hall–Kier alpha value is -1.91. The van der Waals surface area contributed by atoms with Crippen LogP contribution in [0.1, 0.15) is 25.6 Å². The van der Waals surface area contributed by atoms with Gasteiger partial charge in [-0.05, 0) is 18.9 Å². The van der Waals surface area contributed by atoms with Crippen molar-refractivity contribution in [3.8, 4) is 11.5 Å². The third-order valence-corrected chi connectivity index (χ3v) is 2.97. The lowest BCUT2D eigenvalue weighted by molar-refractivity contribution is 0.415. The molecule has 1 aliphatic carbocycles. The monoisotopic (exact) mass is 216 g/mol. The predicted molar refractivity (Wildman–Crippen MR) is 58.5 cm³/mol. The second-order valence-electron chi connectivity index (χ2n) is 4.49. The standard InChI is InChI=1S/C11H12N4O/c1-11(2-3-11)10-14-9(16-15-10)7-4-8(12)6-13-5-7/h4-6H,2-3,12H2,1H3. The molecule has 1 aliphatic rings. The van der Waals surface area contributed by atoms with E-state index in [1.807, 2.05) is 0 Å². The van der Waals surface area contributed by atoms with Crippen molar-refractivity contribution >= 4 is 5.69 Å². The van der Waals surface area contributed by atoms with E-state index in [1.165, 1.54) is 0 Å². The molecule has 0 saturated heterocycles. The van der Waals surface area contributed by atoms with Gasteiger partial charge in [0.05, 0.1) is 11.3 Å². The molecular weight excluding hydrogens is 204 g/mol. The van der Waals surface area contributed by atoms with Gasteiger partial charge in [-0.1, -0.05) is 12.1 Å². The van der Waals surface area contributed by atoms with Crippen LogP contribution in [0.25, 0.3) is 11.5 Å². The summed E-state index contributed by atoms with van der Waals surface area (Å²) in [6.07, 6.45) is 5.51. The van der Waals surface area contributed by atoms with Crippen molar-refractivity contribution in [2.24, 2.45) is 0 Å². The Balaban J connectivity index is 1.98. The maximum Gasteiger partial charge on any atom is 0.259 e. The Morgan fingerprint density at radius 1 is 1.38 bits per heavy atom. The smallest absolute Gasteiger partial charge is 0.259 e. The molecule has 2 N–H and O–H groups in total. The number of anilines is 1. The molecule has 5 nitrogen and oxygen atoms in total. The Morgan fingerprint density at radius 2 is 2.19 bits per heavy atom. The first-order valence-corrected chi connectivity index (χ1v) is 5.22. The van der Waals surface area contributed by atoms with Gasteiger partial charge >= 0.3 is 0 Å². The van der Waals surface area contributed by atoms with Crippen molar-refractivity contribution in [2.45, 2.75) is 25.2 Å². The van der Waals surface area contributed by atoms with E-state index >= 15 is 0 Å². The summed E-state index contributed by atoms with van der Waals surface area (Å²) in [6, 6.07) is 1.78. The summed E-state index contributed by atoms with van der Waals surface area (Å²) in [5, 5.41) is 4.00. The Kier molecular flexibility index (Phi) is 1.77. The lowest BCUT2D eigenvalue weighted by atomic mass is 10.1. The van der Waals surface area contributed by atoms with Gasteiger partial charge in [0.2, 0.25) is 0 Å². The van der Waals surface area contributed by atoms with Crippen LogP contribution in [0, 0.1) is 0 Å². The van der Waals surface area contributed by atoms with E-state index in [0.717, 1.165) is 24.2 Å². The topological polar surface area (TPSA) is 77.8 Å². The second kappa shape index (κ2) is 3.04. The fourth-order valence-corrected chi connectivity index (χ4v) is 1.57. The molecule has 0 spiro atoms. The third-order valence-electron chi connectivity index (χ3n) is 2.97. The Morgan fingerprint density at radius 3 is 2.88 bits per heavy atom. The zero-order valence-corrected chi connectivity index (χ0v) is 8.97. The number of nitrogen functional groups attached to an aromatic ring is 1. The highest BCUT2D eigenvalue weighted by Gasteiger charge is 2.43. The van der Waals surface area contributed by atoms with Crippen LogP contribution >= 0.6 is 0 Å². The zero-order chi connectivity index (χ0) is 11.2. The van der Waals surface area contributed by atoms with E-state index in [0.29, 0.717) is 11.6 Å². The van der Waals surface area contributed by atoms with Gasteiger partial charge in [-0.3, -0.25) is 4.98 Å². The highest BCUT2D eigenvalue weighted by molar-refractivity contribution is 5.57. The first-order valence-electron chi connectivity index (χ1n) is 5.22. The van der Waals surface area contributed by atoms with Crippen molar-refractivity contribution in [2.75, 3.05) is 5.73 Å². The number of hydrogen-bond acceptors (Lipinski definition) is 5. The van der Waals surface area contributed by atoms with Gasteiger partial charge < -0.3 is 10.3 Å². The molecule has 0 atom stereocenters. The molecule has 16 heavy (non-hydrogen) atoms. The maximum absolute atomic E-state index is 5.65. The number of nitrogens with zero attached hydrogens (tertiary/aromatic N) is 3. The lowest BCUT2D eigenvalue weighted by Crippen LogP contribution is -2.01. The van der Waals surface area contributed by atoms with Crippen molar-refractivity contribution in [1.82, 2.24) is 15.1 Å². The van der Waals surface area contributed by atoms with E-state index in [-0.39, 0.29) is 5.41 Å². The summed E-state index contributed by atoms with van der Waals surface area (Å²) in [5.74, 6) is 1.27. The molecule has 5 heteroatoms. The number of pyridine rings is 1. The molecule has 2 aromatic rings. The van der Waals surface area contributed by atoms with Crippen molar-refractivity contribution < 1.29 is 4.52 Å². The van der Waals surface area contributed by atoms with E-state index in [9.17, 15) is 0 Å². The zero-order valence-electron chi connectivity index (χ0n) is 8.97. The first-order chi connectivity index (χ1) is 7.67. The molecule has 2 aromatic heterocycles. The van der Waals surface area contributed by atoms with E-state index < -0.39 is 0 Å². The number of nitrogens with two attached hydrogens (primary N) is 1. The molecule has 0 aromatic carbocycles. The van der Waals surface area contributed by atoms with Crippen LogP contribution in [0.5, 0.6) is 0 Å². The molecule has 0 unspecified atom stereocenters. The molecule has 0 aliphatic heterocycles. The van der Waals surface area contributed by atoms with Crippen LogP contribution in [0.15, 0.2) is 23.0 Å². The molecule has 0 bridgehead atoms. The fourth-order valence-electron chi connectivity index (χ4n) is 1.57. The highest BCUT2D eigenvalue weighted by atomic mass is 16.5. The summed E-state index contributed by atoms with van der Waals surface area (Å²) in [4.78, 5) is 8.38. The Labute approximate surface area is 92.7 Å². The lowest BCUT2D eigenvalue weighted by Gasteiger charge is -1.97. The van der Waals surface area contributed by atoms with E-state index in [2.05, 4.69) is 22.0 Å². The van der Waals surface area contributed by atoms with Gasteiger partial charge in [0.25, 0.3) is 5.89 Å². The van der Waals surface area contributed by atoms with Crippen LogP contribution < -0.4 is 5.73 Å². The summed E-state index contributed by atoms with van der Waals surface area (Å²) < 4.78 is 5.22. The molecule has 1 saturated carbocycles. The van der Waals surface area contributed by atoms with Crippen molar-refractivity contribution in [1.29, 1.82) is 0 Å². The average Bonchev–Trinajstić information content (AvgIpc) is 2.83. The molecule has 82 valence electrons. The summed E-state index contributed by atoms with van der Waals surface area (Å²) >= 11 is 0. The molecule has 0 radical (unpaired) electrons. The van der Waals surface area contributed by atoms with Crippen LogP contribution in [0.3, 0.4) is 0 Å². The van der Waals surface area contributed by atoms with Crippen LogP contribution in [-0.2, 0) is 5.41 Å². The van der Waals surface area contributed by atoms with Gasteiger partial charge in [-0.15, -0.1) is 0 Å². The molecule has 1 fully saturated rings. The van der Waals surface area contributed by atoms with Gasteiger partial charge in [-0.25, -0.2) is 0 Å². The van der Waals surface area contributed by atoms with Crippen LogP contribution in [0.2, 0.25) is 0 Å². The molecule has 2 heterocycles.